The van der Waals surface area contributed by atoms with Crippen molar-refractivity contribution in [3.05, 3.63) is 95.6 Å². The third-order valence-electron chi connectivity index (χ3n) is 6.79. The number of thioether (sulfide) groups is 2. The quantitative estimate of drug-likeness (QED) is 0.136. The molecule has 0 aliphatic carbocycles. The van der Waals surface area contributed by atoms with Gasteiger partial charge in [-0.1, -0.05) is 87.2 Å². The Hall–Kier alpha value is -2.97. The average molecular weight is 597 g/mol. The summed E-state index contributed by atoms with van der Waals surface area (Å²) in [6.07, 6.45) is 4.40. The van der Waals surface area contributed by atoms with Gasteiger partial charge >= 0.3 is 11.9 Å². The van der Waals surface area contributed by atoms with Crippen LogP contribution in [0, 0.1) is 6.92 Å². The molecule has 0 amide bonds. The first-order valence-corrected chi connectivity index (χ1v) is 16.0. The highest BCUT2D eigenvalue weighted by Crippen LogP contribution is 2.47. The number of carbonyl (C=O) groups is 2. The van der Waals surface area contributed by atoms with E-state index in [4.69, 9.17) is 14.2 Å². The first-order valence-electron chi connectivity index (χ1n) is 14.2. The second-order valence-electron chi connectivity index (χ2n) is 9.98. The highest BCUT2D eigenvalue weighted by atomic mass is 32.2. The molecule has 1 aliphatic rings. The van der Waals surface area contributed by atoms with Gasteiger partial charge < -0.3 is 14.2 Å². The van der Waals surface area contributed by atoms with E-state index in [1.165, 1.54) is 37.4 Å². The molecule has 1 aliphatic heterocycles. The first kappa shape index (κ1) is 31.0. The minimum atomic E-state index is -1.56. The molecule has 1 saturated heterocycles. The van der Waals surface area contributed by atoms with Crippen molar-refractivity contribution in [3.8, 4) is 5.75 Å². The summed E-state index contributed by atoms with van der Waals surface area (Å²) < 4.78 is 32.4. The number of alkyl halides is 1. The normalized spacial score (nSPS) is 20.0. The average Bonchev–Trinajstić information content (AvgIpc) is 3.26. The second-order valence-corrected chi connectivity index (χ2v) is 12.7. The van der Waals surface area contributed by atoms with Crippen molar-refractivity contribution in [3.63, 3.8) is 0 Å². The van der Waals surface area contributed by atoms with E-state index in [2.05, 4.69) is 6.92 Å². The minimum Gasteiger partial charge on any atom is -0.494 e. The van der Waals surface area contributed by atoms with E-state index in [-0.39, 0.29) is 0 Å². The van der Waals surface area contributed by atoms with Crippen LogP contribution in [-0.2, 0) is 9.47 Å². The molecule has 0 radical (unpaired) electrons. The van der Waals surface area contributed by atoms with Crippen LogP contribution in [0.5, 0.6) is 5.75 Å². The van der Waals surface area contributed by atoms with Gasteiger partial charge in [0.25, 0.3) is 0 Å². The summed E-state index contributed by atoms with van der Waals surface area (Å²) in [5.74, 6) is -0.460. The molecule has 218 valence electrons. The smallest absolute Gasteiger partial charge is 0.339 e. The number of esters is 2. The van der Waals surface area contributed by atoms with Crippen molar-refractivity contribution in [2.75, 3.05) is 6.61 Å². The lowest BCUT2D eigenvalue weighted by Gasteiger charge is -2.21. The topological polar surface area (TPSA) is 61.8 Å². The van der Waals surface area contributed by atoms with Crippen LogP contribution in [0.4, 0.5) is 4.39 Å². The number of hydrogen-bond acceptors (Lipinski definition) is 7. The van der Waals surface area contributed by atoms with E-state index in [0.29, 0.717) is 17.7 Å². The molecule has 0 saturated carbocycles. The fourth-order valence-electron chi connectivity index (χ4n) is 4.46. The van der Waals surface area contributed by atoms with Gasteiger partial charge in [-0.3, -0.25) is 0 Å². The largest absolute Gasteiger partial charge is 0.494 e. The van der Waals surface area contributed by atoms with Crippen molar-refractivity contribution in [2.24, 2.45) is 0 Å². The van der Waals surface area contributed by atoms with Crippen molar-refractivity contribution in [1.82, 2.24) is 0 Å². The molecular formula is C33H37FO5S2. The van der Waals surface area contributed by atoms with Gasteiger partial charge in [-0.15, -0.1) is 11.8 Å². The van der Waals surface area contributed by atoms with E-state index in [9.17, 15) is 9.59 Å². The van der Waals surface area contributed by atoms with Gasteiger partial charge in [0.2, 0.25) is 0 Å². The maximum Gasteiger partial charge on any atom is 0.339 e. The van der Waals surface area contributed by atoms with E-state index in [1.54, 1.807) is 42.5 Å². The SMILES string of the molecule is CCCCCCCCOc1ccc(SC2S[C@@H](OC(=O)c3ccccc3C)[C@@H](OC(=O)c3ccccc3)[C@@H]2F)cc1. The van der Waals surface area contributed by atoms with E-state index in [1.807, 2.05) is 43.3 Å². The zero-order valence-corrected chi connectivity index (χ0v) is 25.1. The molecule has 5 nitrogen and oxygen atoms in total. The van der Waals surface area contributed by atoms with Crippen LogP contribution in [0.25, 0.3) is 0 Å². The predicted molar refractivity (Wildman–Crippen MR) is 163 cm³/mol. The Bertz CT molecular complexity index is 1250. The molecule has 1 fully saturated rings. The van der Waals surface area contributed by atoms with E-state index < -0.39 is 34.2 Å². The first-order chi connectivity index (χ1) is 20.0. The van der Waals surface area contributed by atoms with Gasteiger partial charge in [0.15, 0.2) is 17.7 Å². The highest BCUT2D eigenvalue weighted by molar-refractivity contribution is 8.17. The third-order valence-corrected chi connectivity index (χ3v) is 9.61. The van der Waals surface area contributed by atoms with Crippen molar-refractivity contribution < 1.29 is 28.2 Å². The van der Waals surface area contributed by atoms with Crippen LogP contribution in [0.3, 0.4) is 0 Å². The van der Waals surface area contributed by atoms with E-state index >= 15 is 4.39 Å². The fraction of sp³-hybridized carbons (Fsp3) is 0.394. The van der Waals surface area contributed by atoms with Gasteiger partial charge in [0.1, 0.15) is 5.75 Å². The summed E-state index contributed by atoms with van der Waals surface area (Å²) in [5, 5.41) is 0. The zero-order chi connectivity index (χ0) is 29.0. The summed E-state index contributed by atoms with van der Waals surface area (Å²) in [7, 11) is 0. The summed E-state index contributed by atoms with van der Waals surface area (Å²) >= 11 is 2.47. The Morgan fingerprint density at radius 1 is 0.829 bits per heavy atom. The fourth-order valence-corrected chi connectivity index (χ4v) is 7.26. The van der Waals surface area contributed by atoms with Crippen LogP contribution in [0.1, 0.15) is 71.7 Å². The number of rotatable bonds is 14. The Morgan fingerprint density at radius 3 is 2.24 bits per heavy atom. The van der Waals surface area contributed by atoms with Gasteiger partial charge in [-0.25, -0.2) is 14.0 Å². The molecule has 0 bridgehead atoms. The maximum absolute atomic E-state index is 15.9. The number of aryl methyl sites for hydroxylation is 1. The monoisotopic (exact) mass is 596 g/mol. The van der Waals surface area contributed by atoms with E-state index in [0.717, 1.165) is 40.8 Å². The summed E-state index contributed by atoms with van der Waals surface area (Å²) in [6.45, 7) is 4.69. The Morgan fingerprint density at radius 2 is 1.51 bits per heavy atom. The number of halogens is 1. The molecule has 1 heterocycles. The van der Waals surface area contributed by atoms with Gasteiger partial charge in [-0.2, -0.15) is 0 Å². The molecule has 0 N–H and O–H groups in total. The lowest BCUT2D eigenvalue weighted by molar-refractivity contribution is -0.0266. The van der Waals surface area contributed by atoms with Crippen LogP contribution in [0.15, 0.2) is 83.8 Å². The van der Waals surface area contributed by atoms with Gasteiger partial charge in [0, 0.05) is 4.90 Å². The van der Waals surface area contributed by atoms with Crippen molar-refractivity contribution in [2.45, 2.75) is 79.6 Å². The van der Waals surface area contributed by atoms with Crippen molar-refractivity contribution in [1.29, 1.82) is 0 Å². The maximum atomic E-state index is 15.9. The molecule has 3 aromatic rings. The highest BCUT2D eigenvalue weighted by Gasteiger charge is 2.50. The van der Waals surface area contributed by atoms with Gasteiger partial charge in [0.05, 0.1) is 22.3 Å². The van der Waals surface area contributed by atoms with Crippen LogP contribution in [0.2, 0.25) is 0 Å². The zero-order valence-electron chi connectivity index (χ0n) is 23.5. The molecular weight excluding hydrogens is 559 g/mol. The number of ether oxygens (including phenoxy) is 3. The van der Waals surface area contributed by atoms with Crippen LogP contribution >= 0.6 is 23.5 Å². The van der Waals surface area contributed by atoms with Crippen LogP contribution in [-0.4, -0.2) is 40.8 Å². The molecule has 1 unspecified atom stereocenters. The molecule has 4 rings (SSSR count). The lowest BCUT2D eigenvalue weighted by atomic mass is 10.1. The minimum absolute atomic E-state index is 0.307. The molecule has 4 atom stereocenters. The predicted octanol–water partition coefficient (Wildman–Crippen LogP) is 8.65. The molecule has 0 spiro atoms. The molecule has 3 aromatic carbocycles. The summed E-state index contributed by atoms with van der Waals surface area (Å²) in [5.41, 5.74) is 0.452. The second kappa shape index (κ2) is 15.9. The van der Waals surface area contributed by atoms with Crippen molar-refractivity contribution >= 4 is 35.5 Å². The molecule has 8 heteroatoms. The molecule has 0 aromatic heterocycles. The Kier molecular flexibility index (Phi) is 12.0. The van der Waals surface area contributed by atoms with Crippen LogP contribution < -0.4 is 4.74 Å². The number of benzene rings is 3. The molecule has 41 heavy (non-hydrogen) atoms. The number of unbranched alkanes of at least 4 members (excludes halogenated alkanes) is 5. The number of carbonyl (C=O) groups excluding carboxylic acids is 2. The Labute approximate surface area is 250 Å². The third kappa shape index (κ3) is 9.01. The lowest BCUT2D eigenvalue weighted by Crippen LogP contribution is -2.36. The standard InChI is InChI=1S/C33H37FO5S2/c1-3-4-5-6-7-13-22-37-25-18-20-26(21-19-25)40-33-28(34)29(38-30(35)24-15-9-8-10-16-24)32(41-33)39-31(36)27-17-12-11-14-23(27)2/h8-12,14-21,28-29,32-33H,3-7,13,22H2,1-2H3/t28-,29-,32+,33?/m0/s1. The summed E-state index contributed by atoms with van der Waals surface area (Å²) in [4.78, 5) is 26.6. The summed E-state index contributed by atoms with van der Waals surface area (Å²) in [6, 6.07) is 23.0. The number of hydrogen-bond donors (Lipinski definition) is 0. The Balaban J connectivity index is 1.39. The van der Waals surface area contributed by atoms with Gasteiger partial charge in [-0.05, 0) is 61.4 Å².